The molecule has 2 rings (SSSR count). The van der Waals surface area contributed by atoms with E-state index >= 15 is 0 Å². The highest BCUT2D eigenvalue weighted by molar-refractivity contribution is 6.17. The van der Waals surface area contributed by atoms with Crippen molar-refractivity contribution in [2.24, 2.45) is 0 Å². The Hall–Kier alpha value is -1.42. The minimum Gasteiger partial charge on any atom is -0.265 e. The van der Waals surface area contributed by atoms with Crippen LogP contribution in [0.5, 0.6) is 0 Å². The summed E-state index contributed by atoms with van der Waals surface area (Å²) in [6.07, 6.45) is 5.12. The van der Waals surface area contributed by atoms with Crippen molar-refractivity contribution in [1.82, 2.24) is 19.7 Å². The SMILES string of the molecule is ClCCn1cnc(-c2ccncc2)n1. The maximum atomic E-state index is 5.59. The van der Waals surface area contributed by atoms with E-state index in [9.17, 15) is 0 Å². The van der Waals surface area contributed by atoms with E-state index in [1.54, 1.807) is 23.4 Å². The summed E-state index contributed by atoms with van der Waals surface area (Å²) in [6.45, 7) is 0.680. The van der Waals surface area contributed by atoms with Crippen LogP contribution < -0.4 is 0 Å². The van der Waals surface area contributed by atoms with Gasteiger partial charge in [-0.3, -0.25) is 9.67 Å². The van der Waals surface area contributed by atoms with Crippen molar-refractivity contribution >= 4 is 11.6 Å². The molecule has 14 heavy (non-hydrogen) atoms. The molecule has 0 spiro atoms. The fourth-order valence-corrected chi connectivity index (χ4v) is 1.30. The molecule has 0 aliphatic carbocycles. The van der Waals surface area contributed by atoms with Gasteiger partial charge in [0.1, 0.15) is 6.33 Å². The lowest BCUT2D eigenvalue weighted by molar-refractivity contribution is 0.664. The van der Waals surface area contributed by atoms with E-state index in [2.05, 4.69) is 15.1 Å². The van der Waals surface area contributed by atoms with E-state index in [4.69, 9.17) is 11.6 Å². The number of hydrogen-bond acceptors (Lipinski definition) is 3. The summed E-state index contributed by atoms with van der Waals surface area (Å²) < 4.78 is 1.72. The van der Waals surface area contributed by atoms with Gasteiger partial charge in [0.25, 0.3) is 0 Å². The average molecular weight is 209 g/mol. The highest BCUT2D eigenvalue weighted by Gasteiger charge is 2.02. The van der Waals surface area contributed by atoms with Crippen LogP contribution in [-0.2, 0) is 6.54 Å². The third kappa shape index (κ3) is 1.90. The molecule has 2 aromatic rings. The Labute approximate surface area is 86.6 Å². The molecule has 0 unspecified atom stereocenters. The number of halogens is 1. The van der Waals surface area contributed by atoms with Gasteiger partial charge in [-0.15, -0.1) is 11.6 Å². The summed E-state index contributed by atoms with van der Waals surface area (Å²) in [6, 6.07) is 3.75. The van der Waals surface area contributed by atoms with Crippen molar-refractivity contribution in [3.63, 3.8) is 0 Å². The average Bonchev–Trinajstić information content (AvgIpc) is 2.68. The molecule has 0 bridgehead atoms. The normalized spacial score (nSPS) is 10.4. The molecule has 0 amide bonds. The van der Waals surface area contributed by atoms with Gasteiger partial charge in [-0.05, 0) is 12.1 Å². The summed E-state index contributed by atoms with van der Waals surface area (Å²) in [7, 11) is 0. The van der Waals surface area contributed by atoms with Crippen molar-refractivity contribution < 1.29 is 0 Å². The van der Waals surface area contributed by atoms with Crippen molar-refractivity contribution in [3.05, 3.63) is 30.9 Å². The Bertz CT molecular complexity index is 398. The zero-order chi connectivity index (χ0) is 9.80. The smallest absolute Gasteiger partial charge is 0.181 e. The molecule has 0 atom stereocenters. The van der Waals surface area contributed by atoms with Crippen LogP contribution in [0.4, 0.5) is 0 Å². The third-order valence-corrected chi connectivity index (χ3v) is 1.96. The second-order valence-corrected chi connectivity index (χ2v) is 3.13. The molecule has 0 N–H and O–H groups in total. The van der Waals surface area contributed by atoms with Crippen LogP contribution in [0.15, 0.2) is 30.9 Å². The van der Waals surface area contributed by atoms with Crippen molar-refractivity contribution in [2.75, 3.05) is 5.88 Å². The Morgan fingerprint density at radius 1 is 1.29 bits per heavy atom. The molecule has 4 nitrogen and oxygen atoms in total. The molecular formula is C9H9ClN4. The molecule has 0 saturated heterocycles. The zero-order valence-electron chi connectivity index (χ0n) is 7.47. The number of rotatable bonds is 3. The number of aryl methyl sites for hydroxylation is 1. The number of hydrogen-bond donors (Lipinski definition) is 0. The quantitative estimate of drug-likeness (QED) is 0.720. The van der Waals surface area contributed by atoms with E-state index in [1.165, 1.54) is 0 Å². The predicted molar refractivity (Wildman–Crippen MR) is 54.0 cm³/mol. The Kier molecular flexibility index (Phi) is 2.74. The summed E-state index contributed by atoms with van der Waals surface area (Å²) in [5.74, 6) is 1.25. The number of pyridine rings is 1. The minimum absolute atomic E-state index is 0.541. The summed E-state index contributed by atoms with van der Waals surface area (Å²) in [4.78, 5) is 8.10. The zero-order valence-corrected chi connectivity index (χ0v) is 8.22. The van der Waals surface area contributed by atoms with Gasteiger partial charge in [0.05, 0.1) is 6.54 Å². The van der Waals surface area contributed by atoms with Crippen LogP contribution in [0.3, 0.4) is 0 Å². The van der Waals surface area contributed by atoms with Gasteiger partial charge < -0.3 is 0 Å². The van der Waals surface area contributed by atoms with Gasteiger partial charge in [0.15, 0.2) is 5.82 Å². The topological polar surface area (TPSA) is 43.6 Å². The van der Waals surface area contributed by atoms with Crippen LogP contribution in [0.2, 0.25) is 0 Å². The lowest BCUT2D eigenvalue weighted by Crippen LogP contribution is -1.99. The number of aromatic nitrogens is 4. The van der Waals surface area contributed by atoms with E-state index in [0.29, 0.717) is 18.2 Å². The largest absolute Gasteiger partial charge is 0.265 e. The molecular weight excluding hydrogens is 200 g/mol. The maximum absolute atomic E-state index is 5.59. The Morgan fingerprint density at radius 2 is 2.07 bits per heavy atom. The van der Waals surface area contributed by atoms with E-state index in [0.717, 1.165) is 5.56 Å². The molecule has 2 heterocycles. The Balaban J connectivity index is 2.25. The predicted octanol–water partition coefficient (Wildman–Crippen LogP) is 1.58. The van der Waals surface area contributed by atoms with E-state index < -0.39 is 0 Å². The molecule has 0 saturated carbocycles. The molecule has 0 aliphatic heterocycles. The van der Waals surface area contributed by atoms with E-state index in [1.807, 2.05) is 12.1 Å². The maximum Gasteiger partial charge on any atom is 0.181 e. The summed E-state index contributed by atoms with van der Waals surface area (Å²) in [5.41, 5.74) is 0.966. The molecule has 5 heteroatoms. The van der Waals surface area contributed by atoms with Crippen LogP contribution in [-0.4, -0.2) is 25.6 Å². The van der Waals surface area contributed by atoms with Gasteiger partial charge in [0.2, 0.25) is 0 Å². The first-order valence-electron chi connectivity index (χ1n) is 4.26. The Morgan fingerprint density at radius 3 is 2.79 bits per heavy atom. The van der Waals surface area contributed by atoms with Crippen molar-refractivity contribution in [1.29, 1.82) is 0 Å². The van der Waals surface area contributed by atoms with Gasteiger partial charge in [0, 0.05) is 23.8 Å². The number of alkyl halides is 1. The van der Waals surface area contributed by atoms with Gasteiger partial charge in [-0.1, -0.05) is 0 Å². The van der Waals surface area contributed by atoms with Crippen LogP contribution in [0.1, 0.15) is 0 Å². The molecule has 0 aliphatic rings. The highest BCUT2D eigenvalue weighted by atomic mass is 35.5. The van der Waals surface area contributed by atoms with E-state index in [-0.39, 0.29) is 0 Å². The summed E-state index contributed by atoms with van der Waals surface area (Å²) in [5, 5.41) is 4.26. The van der Waals surface area contributed by atoms with Gasteiger partial charge >= 0.3 is 0 Å². The fraction of sp³-hybridized carbons (Fsp3) is 0.222. The molecule has 0 fully saturated rings. The second kappa shape index (κ2) is 4.19. The lowest BCUT2D eigenvalue weighted by atomic mass is 10.3. The first-order valence-corrected chi connectivity index (χ1v) is 4.79. The van der Waals surface area contributed by atoms with Crippen LogP contribution in [0.25, 0.3) is 11.4 Å². The molecule has 0 radical (unpaired) electrons. The minimum atomic E-state index is 0.541. The molecule has 0 aromatic carbocycles. The second-order valence-electron chi connectivity index (χ2n) is 2.76. The third-order valence-electron chi connectivity index (χ3n) is 1.79. The first-order chi connectivity index (χ1) is 6.90. The van der Waals surface area contributed by atoms with Crippen LogP contribution in [0, 0.1) is 0 Å². The van der Waals surface area contributed by atoms with Gasteiger partial charge in [-0.25, -0.2) is 4.98 Å². The first kappa shape index (κ1) is 9.15. The monoisotopic (exact) mass is 208 g/mol. The standard InChI is InChI=1S/C9H9ClN4/c10-3-6-14-7-12-9(13-14)8-1-4-11-5-2-8/h1-2,4-5,7H,3,6H2. The van der Waals surface area contributed by atoms with Crippen molar-refractivity contribution in [2.45, 2.75) is 6.54 Å². The molecule has 72 valence electrons. The van der Waals surface area contributed by atoms with Crippen molar-refractivity contribution in [3.8, 4) is 11.4 Å². The highest BCUT2D eigenvalue weighted by Crippen LogP contribution is 2.11. The fourth-order valence-electron chi connectivity index (χ4n) is 1.12. The number of nitrogens with zero attached hydrogens (tertiary/aromatic N) is 4. The van der Waals surface area contributed by atoms with Crippen LogP contribution >= 0.6 is 11.6 Å². The summed E-state index contributed by atoms with van der Waals surface area (Å²) >= 11 is 5.59. The van der Waals surface area contributed by atoms with Gasteiger partial charge in [-0.2, -0.15) is 5.10 Å². The molecule has 2 aromatic heterocycles. The lowest BCUT2D eigenvalue weighted by Gasteiger charge is -1.94.